The fourth-order valence-electron chi connectivity index (χ4n) is 3.14. The van der Waals surface area contributed by atoms with Crippen LogP contribution in [0.4, 0.5) is 5.82 Å². The van der Waals surface area contributed by atoms with E-state index in [-0.39, 0.29) is 28.4 Å². The monoisotopic (exact) mass is 487 g/mol. The van der Waals surface area contributed by atoms with Gasteiger partial charge in [0.1, 0.15) is 5.84 Å². The maximum atomic E-state index is 10.4. The van der Waals surface area contributed by atoms with Gasteiger partial charge in [-0.15, -0.1) is 10.2 Å². The average molecular weight is 488 g/mol. The van der Waals surface area contributed by atoms with E-state index >= 15 is 0 Å². The summed E-state index contributed by atoms with van der Waals surface area (Å²) < 4.78 is 26.5. The first-order valence-corrected chi connectivity index (χ1v) is 12.0. The van der Waals surface area contributed by atoms with Crippen molar-refractivity contribution >= 4 is 22.2 Å². The molecule has 2 aromatic carbocycles. The SMILES string of the molecule is CN=C(N)c1ccc(-c2nnc(-c3nc(-c4ccc(S(O)(O)C(C)C)cc4)cnc3N)o2)cc1.[HH].[HH].[HH].[HH]. The Bertz CT molecular complexity index is 1350. The number of aromatic nitrogens is 4. The topological polar surface area (TPSA) is 170 Å². The van der Waals surface area contributed by atoms with Gasteiger partial charge in [-0.3, -0.25) is 14.1 Å². The first-order chi connectivity index (χ1) is 16.2. The zero-order valence-electron chi connectivity index (χ0n) is 18.9. The van der Waals surface area contributed by atoms with Gasteiger partial charge in [-0.2, -0.15) is 10.6 Å². The zero-order valence-corrected chi connectivity index (χ0v) is 19.7. The second-order valence-corrected chi connectivity index (χ2v) is 10.4. The highest BCUT2D eigenvalue weighted by molar-refractivity contribution is 8.24. The Balaban J connectivity index is 0.00000342. The first kappa shape index (κ1) is 23.4. The third kappa shape index (κ3) is 4.49. The molecule has 0 saturated carbocycles. The van der Waals surface area contributed by atoms with Gasteiger partial charge in [0.2, 0.25) is 5.89 Å². The van der Waals surface area contributed by atoms with Crippen LogP contribution in [-0.2, 0) is 0 Å². The average Bonchev–Trinajstić information content (AvgIpc) is 3.34. The summed E-state index contributed by atoms with van der Waals surface area (Å²) in [6.45, 7) is 3.53. The third-order valence-corrected chi connectivity index (χ3v) is 7.53. The van der Waals surface area contributed by atoms with E-state index in [0.29, 0.717) is 27.9 Å². The molecular weight excluding hydrogens is 454 g/mol. The van der Waals surface area contributed by atoms with E-state index in [9.17, 15) is 9.11 Å². The molecule has 2 aromatic heterocycles. The lowest BCUT2D eigenvalue weighted by Gasteiger charge is -2.36. The fraction of sp³-hybridized carbons (Fsp3) is 0.174. The number of nitrogens with two attached hydrogens (primary N) is 2. The molecule has 0 radical (unpaired) electrons. The minimum Gasteiger partial charge on any atom is -0.414 e. The lowest BCUT2D eigenvalue weighted by atomic mass is 10.1. The standard InChI is InChI=1S/C23H25N7O3S.4H2/c1-13(2)34(31,32)17-10-8-14(9-11-17)18-12-27-21(25)19(28-18)23-30-29-22(33-23)16-6-4-15(5-7-16)20(24)26-3;;;;/h4-13,31-32H,1-3H3,(H2,24,26)(H2,25,27);4*1H. The van der Waals surface area contributed by atoms with Crippen LogP contribution in [0.25, 0.3) is 34.3 Å². The van der Waals surface area contributed by atoms with E-state index < -0.39 is 10.6 Å². The molecule has 0 aliphatic heterocycles. The summed E-state index contributed by atoms with van der Waals surface area (Å²) in [7, 11) is -1.24. The van der Waals surface area contributed by atoms with Crippen LogP contribution in [0.5, 0.6) is 0 Å². The Morgan fingerprint density at radius 1 is 1.00 bits per heavy atom. The molecule has 4 rings (SSSR count). The van der Waals surface area contributed by atoms with Crippen LogP contribution in [0, 0.1) is 0 Å². The van der Waals surface area contributed by atoms with Crippen LogP contribution >= 0.6 is 10.6 Å². The third-order valence-electron chi connectivity index (χ3n) is 5.25. The molecular formula is C23H33N7O3S. The van der Waals surface area contributed by atoms with Crippen molar-refractivity contribution in [2.24, 2.45) is 10.7 Å². The predicted octanol–water partition coefficient (Wildman–Crippen LogP) is 5.28. The Morgan fingerprint density at radius 3 is 2.24 bits per heavy atom. The number of amidine groups is 1. The van der Waals surface area contributed by atoms with E-state index in [2.05, 4.69) is 25.2 Å². The molecule has 11 heteroatoms. The van der Waals surface area contributed by atoms with Crippen molar-refractivity contribution in [1.29, 1.82) is 0 Å². The van der Waals surface area contributed by atoms with Crippen molar-refractivity contribution in [3.63, 3.8) is 0 Å². The van der Waals surface area contributed by atoms with Gasteiger partial charge in [0, 0.05) is 34.7 Å². The molecule has 0 amide bonds. The number of anilines is 1. The fourth-order valence-corrected chi connectivity index (χ4v) is 4.22. The first-order valence-electron chi connectivity index (χ1n) is 10.4. The number of nitrogens with zero attached hydrogens (tertiary/aromatic N) is 5. The highest BCUT2D eigenvalue weighted by atomic mass is 32.3. The summed E-state index contributed by atoms with van der Waals surface area (Å²) in [4.78, 5) is 13.2. The molecule has 0 spiro atoms. The number of aliphatic imine (C=N–C) groups is 1. The smallest absolute Gasteiger partial charge is 0.270 e. The zero-order chi connectivity index (χ0) is 24.5. The van der Waals surface area contributed by atoms with Gasteiger partial charge in [-0.25, -0.2) is 9.97 Å². The molecule has 10 nitrogen and oxygen atoms in total. The highest BCUT2D eigenvalue weighted by Gasteiger charge is 2.21. The maximum Gasteiger partial charge on any atom is 0.270 e. The van der Waals surface area contributed by atoms with Crippen LogP contribution in [0.2, 0.25) is 0 Å². The van der Waals surface area contributed by atoms with Crippen molar-refractivity contribution < 1.29 is 19.2 Å². The van der Waals surface area contributed by atoms with Crippen LogP contribution in [0.3, 0.4) is 0 Å². The number of hydrogen-bond donors (Lipinski definition) is 4. The predicted molar refractivity (Wildman–Crippen MR) is 142 cm³/mol. The second kappa shape index (κ2) is 9.21. The van der Waals surface area contributed by atoms with Crippen molar-refractivity contribution in [1.82, 2.24) is 20.2 Å². The summed E-state index contributed by atoms with van der Waals surface area (Å²) in [6.07, 6.45) is 1.53. The largest absolute Gasteiger partial charge is 0.414 e. The van der Waals surface area contributed by atoms with Gasteiger partial charge >= 0.3 is 0 Å². The van der Waals surface area contributed by atoms with Crippen LogP contribution in [0.15, 0.2) is 69.0 Å². The van der Waals surface area contributed by atoms with Crippen LogP contribution in [0.1, 0.15) is 25.1 Å². The minimum absolute atomic E-state index is 0. The van der Waals surface area contributed by atoms with E-state index in [4.69, 9.17) is 15.9 Å². The van der Waals surface area contributed by atoms with Gasteiger partial charge in [0.25, 0.3) is 5.89 Å². The molecule has 184 valence electrons. The summed E-state index contributed by atoms with van der Waals surface area (Å²) in [5.74, 6) is 1.00. The summed E-state index contributed by atoms with van der Waals surface area (Å²) in [5, 5.41) is 7.90. The van der Waals surface area contributed by atoms with E-state index in [0.717, 1.165) is 11.1 Å². The summed E-state index contributed by atoms with van der Waals surface area (Å²) >= 11 is 0. The quantitative estimate of drug-likeness (QED) is 0.209. The Labute approximate surface area is 204 Å². The number of rotatable bonds is 6. The molecule has 0 bridgehead atoms. The Morgan fingerprint density at radius 2 is 1.62 bits per heavy atom. The molecule has 0 aliphatic rings. The maximum absolute atomic E-state index is 10.4. The highest BCUT2D eigenvalue weighted by Crippen LogP contribution is 2.52. The van der Waals surface area contributed by atoms with E-state index in [1.807, 2.05) is 12.1 Å². The van der Waals surface area contributed by atoms with Crippen molar-refractivity contribution in [2.75, 3.05) is 12.8 Å². The van der Waals surface area contributed by atoms with E-state index in [1.54, 1.807) is 57.3 Å². The van der Waals surface area contributed by atoms with Gasteiger partial charge < -0.3 is 15.9 Å². The van der Waals surface area contributed by atoms with Gasteiger partial charge in [0.05, 0.1) is 16.8 Å². The van der Waals surface area contributed by atoms with Gasteiger partial charge in [-0.1, -0.05) is 24.3 Å². The summed E-state index contributed by atoms with van der Waals surface area (Å²) in [5.41, 5.74) is 14.9. The Hall–Kier alpha value is -3.80. The molecule has 0 unspecified atom stereocenters. The minimum atomic E-state index is -2.87. The molecule has 34 heavy (non-hydrogen) atoms. The lowest BCUT2D eigenvalue weighted by molar-refractivity contribution is 0.476. The second-order valence-electron chi connectivity index (χ2n) is 7.75. The van der Waals surface area contributed by atoms with Crippen LogP contribution in [-0.4, -0.2) is 47.4 Å². The van der Waals surface area contributed by atoms with Crippen molar-refractivity contribution in [3.05, 3.63) is 60.3 Å². The lowest BCUT2D eigenvalue weighted by Crippen LogP contribution is -2.12. The van der Waals surface area contributed by atoms with Crippen molar-refractivity contribution in [3.8, 4) is 34.3 Å². The molecule has 0 fully saturated rings. The Kier molecular flexibility index (Phi) is 6.33. The van der Waals surface area contributed by atoms with Crippen molar-refractivity contribution in [2.45, 2.75) is 24.0 Å². The van der Waals surface area contributed by atoms with Gasteiger partial charge in [0.15, 0.2) is 11.5 Å². The molecule has 0 aliphatic carbocycles. The summed E-state index contributed by atoms with van der Waals surface area (Å²) in [6, 6.07) is 14.1. The normalized spacial score (nSPS) is 12.8. The van der Waals surface area contributed by atoms with Crippen LogP contribution < -0.4 is 11.5 Å². The molecule has 0 atom stereocenters. The molecule has 2 heterocycles. The van der Waals surface area contributed by atoms with Gasteiger partial charge in [-0.05, 0) is 38.1 Å². The molecule has 4 aromatic rings. The molecule has 6 N–H and O–H groups in total. The number of benzene rings is 2. The number of hydrogen-bond acceptors (Lipinski definition) is 9. The molecule has 0 saturated heterocycles. The number of nitrogen functional groups attached to an aromatic ring is 1. The van der Waals surface area contributed by atoms with E-state index in [1.165, 1.54) is 6.20 Å².